The molecule has 12 heavy (non-hydrogen) atoms. The molecular formula is C9H7ClOS. The summed E-state index contributed by atoms with van der Waals surface area (Å²) < 4.78 is 0. The second kappa shape index (κ2) is 3.72. The molecule has 0 unspecified atom stereocenters. The maximum Gasteiger partial charge on any atom is 0.261 e. The molecule has 0 spiro atoms. The van der Waals surface area contributed by atoms with Crippen molar-refractivity contribution in [3.63, 3.8) is 0 Å². The Morgan fingerprint density at radius 2 is 2.42 bits per heavy atom. The number of hydrogen-bond acceptors (Lipinski definition) is 2. The van der Waals surface area contributed by atoms with Crippen LogP contribution in [0.1, 0.15) is 10.4 Å². The number of carbonyl (C=O) groups excluding carboxylic acids is 1. The van der Waals surface area contributed by atoms with Gasteiger partial charge in [-0.25, -0.2) is 0 Å². The van der Waals surface area contributed by atoms with Crippen molar-refractivity contribution in [3.8, 4) is 0 Å². The van der Waals surface area contributed by atoms with Crippen LogP contribution in [0.25, 0.3) is 5.57 Å². The lowest BCUT2D eigenvalue weighted by molar-refractivity contribution is -0.106. The monoisotopic (exact) mass is 198 g/mol. The molecule has 0 saturated carbocycles. The highest BCUT2D eigenvalue weighted by Crippen LogP contribution is 2.25. The highest BCUT2D eigenvalue weighted by Gasteiger charge is 2.11. The fourth-order valence-corrected chi connectivity index (χ4v) is 2.03. The van der Waals surface area contributed by atoms with Gasteiger partial charge in [0.25, 0.3) is 5.24 Å². The predicted molar refractivity (Wildman–Crippen MR) is 52.5 cm³/mol. The van der Waals surface area contributed by atoms with Gasteiger partial charge in [-0.15, -0.1) is 17.1 Å². The minimum absolute atomic E-state index is 0.365. The summed E-state index contributed by atoms with van der Waals surface area (Å²) >= 11 is 6.80. The fourth-order valence-electron chi connectivity index (χ4n) is 0.868. The van der Waals surface area contributed by atoms with E-state index in [9.17, 15) is 4.79 Å². The van der Waals surface area contributed by atoms with Crippen LogP contribution in [0.4, 0.5) is 0 Å². The van der Waals surface area contributed by atoms with Crippen LogP contribution in [0.15, 0.2) is 23.8 Å². The van der Waals surface area contributed by atoms with Crippen molar-refractivity contribution in [2.45, 2.75) is 6.92 Å². The molecule has 62 valence electrons. The van der Waals surface area contributed by atoms with Crippen LogP contribution >= 0.6 is 22.9 Å². The summed E-state index contributed by atoms with van der Waals surface area (Å²) in [6.07, 6.45) is 0. The number of allylic oxidation sites excluding steroid dienone is 1. The van der Waals surface area contributed by atoms with Crippen molar-refractivity contribution >= 4 is 33.8 Å². The largest absolute Gasteiger partial charge is 0.275 e. The third-order valence-electron chi connectivity index (χ3n) is 1.46. The number of hydrogen-bond donors (Lipinski definition) is 0. The molecule has 3 heteroatoms. The summed E-state index contributed by atoms with van der Waals surface area (Å²) in [6.45, 7) is 5.34. The average Bonchev–Trinajstić information content (AvgIpc) is 2.38. The third-order valence-corrected chi connectivity index (χ3v) is 2.69. The fraction of sp³-hybridized carbons (Fsp3) is 0.111. The lowest BCUT2D eigenvalue weighted by Gasteiger charge is -1.95. The zero-order valence-corrected chi connectivity index (χ0v) is 8.13. The maximum absolute atomic E-state index is 10.9. The molecule has 0 aliphatic rings. The molecule has 1 aromatic rings. The Kier molecular flexibility index (Phi) is 2.88. The van der Waals surface area contributed by atoms with Gasteiger partial charge >= 0.3 is 0 Å². The number of rotatable bonds is 2. The molecular weight excluding hydrogens is 192 g/mol. The molecule has 0 saturated heterocycles. The normalized spacial score (nSPS) is 9.17. The Morgan fingerprint density at radius 1 is 1.75 bits per heavy atom. The van der Waals surface area contributed by atoms with Crippen LogP contribution in [0.3, 0.4) is 0 Å². The molecule has 1 aromatic heterocycles. The molecule has 1 heterocycles. The summed E-state index contributed by atoms with van der Waals surface area (Å²) in [5.74, 6) is 0. The highest BCUT2D eigenvalue weighted by atomic mass is 35.5. The Morgan fingerprint density at radius 3 is 2.75 bits per heavy atom. The molecule has 0 radical (unpaired) electrons. The summed E-state index contributed by atoms with van der Waals surface area (Å²) in [7, 11) is 0. The minimum Gasteiger partial charge on any atom is -0.275 e. The topological polar surface area (TPSA) is 17.1 Å². The highest BCUT2D eigenvalue weighted by molar-refractivity contribution is 7.12. The lowest BCUT2D eigenvalue weighted by Crippen LogP contribution is -1.90. The standard InChI is InChI=1S/C9H7ClOS/c1-3-7(9(10)11)8-6(2)4-5-12-8/h4-5H,1H2,2H3. The summed E-state index contributed by atoms with van der Waals surface area (Å²) in [6, 6.07) is 1.93. The van der Waals surface area contributed by atoms with E-state index in [-0.39, 0.29) is 0 Å². The zero-order valence-electron chi connectivity index (χ0n) is 6.56. The molecule has 0 amide bonds. The van der Waals surface area contributed by atoms with Crippen molar-refractivity contribution in [1.29, 1.82) is 0 Å². The Bertz CT molecular complexity index is 358. The molecule has 0 N–H and O–H groups in total. The minimum atomic E-state index is -0.504. The van der Waals surface area contributed by atoms with E-state index in [0.717, 1.165) is 10.4 Å². The van der Waals surface area contributed by atoms with Gasteiger partial charge in [0.2, 0.25) is 0 Å². The van der Waals surface area contributed by atoms with Crippen LogP contribution in [-0.2, 0) is 4.79 Å². The van der Waals surface area contributed by atoms with E-state index in [1.807, 2.05) is 18.4 Å². The van der Waals surface area contributed by atoms with E-state index in [4.69, 9.17) is 11.6 Å². The molecule has 0 aromatic carbocycles. The van der Waals surface area contributed by atoms with Gasteiger partial charge in [0.05, 0.1) is 5.57 Å². The van der Waals surface area contributed by atoms with Crippen molar-refractivity contribution < 1.29 is 4.79 Å². The SMILES string of the molecule is C=C=C(C(=O)Cl)c1sccc1C. The van der Waals surface area contributed by atoms with Crippen LogP contribution in [0.5, 0.6) is 0 Å². The van der Waals surface area contributed by atoms with E-state index in [1.165, 1.54) is 11.3 Å². The summed E-state index contributed by atoms with van der Waals surface area (Å²) in [5, 5.41) is 1.40. The Hall–Kier alpha value is -0.820. The smallest absolute Gasteiger partial charge is 0.261 e. The Balaban J connectivity index is 3.22. The van der Waals surface area contributed by atoms with Crippen molar-refractivity contribution in [3.05, 3.63) is 34.2 Å². The van der Waals surface area contributed by atoms with Gasteiger partial charge in [0.15, 0.2) is 0 Å². The van der Waals surface area contributed by atoms with Crippen molar-refractivity contribution in [2.24, 2.45) is 0 Å². The quantitative estimate of drug-likeness (QED) is 0.406. The molecule has 0 atom stereocenters. The zero-order chi connectivity index (χ0) is 9.14. The van der Waals surface area contributed by atoms with Gasteiger partial charge in [0.1, 0.15) is 0 Å². The number of halogens is 1. The average molecular weight is 199 g/mol. The van der Waals surface area contributed by atoms with E-state index in [2.05, 4.69) is 12.3 Å². The van der Waals surface area contributed by atoms with E-state index >= 15 is 0 Å². The number of carbonyl (C=O) groups is 1. The summed E-state index contributed by atoms with van der Waals surface area (Å²) in [4.78, 5) is 11.7. The van der Waals surface area contributed by atoms with Gasteiger partial charge in [0, 0.05) is 4.88 Å². The third kappa shape index (κ3) is 1.67. The summed E-state index contributed by atoms with van der Waals surface area (Å²) in [5.41, 5.74) is 3.93. The molecule has 0 aliphatic carbocycles. The first-order valence-corrected chi connectivity index (χ1v) is 4.57. The number of aryl methyl sites for hydroxylation is 1. The van der Waals surface area contributed by atoms with E-state index in [1.54, 1.807) is 0 Å². The van der Waals surface area contributed by atoms with Gasteiger partial charge in [-0.2, -0.15) is 0 Å². The number of thiophene rings is 1. The first-order chi connectivity index (χ1) is 5.66. The molecule has 0 aliphatic heterocycles. The molecule has 1 nitrogen and oxygen atoms in total. The van der Waals surface area contributed by atoms with Crippen molar-refractivity contribution in [1.82, 2.24) is 0 Å². The van der Waals surface area contributed by atoms with Gasteiger partial charge < -0.3 is 0 Å². The van der Waals surface area contributed by atoms with Gasteiger partial charge in [-0.1, -0.05) is 6.58 Å². The van der Waals surface area contributed by atoms with Crippen LogP contribution < -0.4 is 0 Å². The second-order valence-corrected chi connectivity index (χ2v) is 3.52. The first kappa shape index (κ1) is 9.27. The van der Waals surface area contributed by atoms with E-state index < -0.39 is 5.24 Å². The molecule has 1 rings (SSSR count). The predicted octanol–water partition coefficient (Wildman–Crippen LogP) is 2.99. The van der Waals surface area contributed by atoms with Gasteiger partial charge in [-0.05, 0) is 35.5 Å². The van der Waals surface area contributed by atoms with Crippen LogP contribution in [-0.4, -0.2) is 5.24 Å². The Labute approximate surface area is 80.0 Å². The van der Waals surface area contributed by atoms with Crippen LogP contribution in [0.2, 0.25) is 0 Å². The van der Waals surface area contributed by atoms with E-state index in [0.29, 0.717) is 5.57 Å². The molecule has 0 bridgehead atoms. The first-order valence-electron chi connectivity index (χ1n) is 3.31. The van der Waals surface area contributed by atoms with Gasteiger partial charge in [-0.3, -0.25) is 4.79 Å². The second-order valence-electron chi connectivity index (χ2n) is 2.26. The maximum atomic E-state index is 10.9. The molecule has 0 fully saturated rings. The lowest BCUT2D eigenvalue weighted by atomic mass is 10.2. The van der Waals surface area contributed by atoms with Crippen molar-refractivity contribution in [2.75, 3.05) is 0 Å². The van der Waals surface area contributed by atoms with Crippen LogP contribution in [0, 0.1) is 6.92 Å².